The van der Waals surface area contributed by atoms with Crippen molar-refractivity contribution in [1.29, 1.82) is 0 Å². The number of benzene rings is 1. The third kappa shape index (κ3) is 4.02. The molecule has 2 aliphatic heterocycles. The van der Waals surface area contributed by atoms with Crippen molar-refractivity contribution in [1.82, 2.24) is 15.2 Å². The molecular formula is C20H25N5O2S. The molecule has 7 nitrogen and oxygen atoms in total. The van der Waals surface area contributed by atoms with Crippen LogP contribution in [0.4, 0.5) is 15.6 Å². The lowest BCUT2D eigenvalue weighted by atomic mass is 10.1. The lowest BCUT2D eigenvalue weighted by Crippen LogP contribution is -2.41. The zero-order valence-corrected chi connectivity index (χ0v) is 17.0. The van der Waals surface area contributed by atoms with Gasteiger partial charge in [0, 0.05) is 42.7 Å². The van der Waals surface area contributed by atoms with E-state index in [4.69, 9.17) is 0 Å². The summed E-state index contributed by atoms with van der Waals surface area (Å²) >= 11 is 1.49. The smallest absolute Gasteiger partial charge is 0.321 e. The van der Waals surface area contributed by atoms with Crippen molar-refractivity contribution in [3.63, 3.8) is 0 Å². The molecule has 2 aromatic rings. The number of rotatable bonds is 4. The summed E-state index contributed by atoms with van der Waals surface area (Å²) in [5, 5.41) is 6.22. The molecular weight excluding hydrogens is 374 g/mol. The summed E-state index contributed by atoms with van der Waals surface area (Å²) in [5.74, 6) is 0.146. The van der Waals surface area contributed by atoms with Crippen molar-refractivity contribution in [2.24, 2.45) is 0 Å². The maximum atomic E-state index is 12.8. The molecule has 0 fully saturated rings. The largest absolute Gasteiger partial charge is 0.336 e. The van der Waals surface area contributed by atoms with Crippen LogP contribution in [0, 0.1) is 0 Å². The van der Waals surface area contributed by atoms with E-state index in [0.717, 1.165) is 42.2 Å². The summed E-state index contributed by atoms with van der Waals surface area (Å²) in [6.45, 7) is 6.50. The van der Waals surface area contributed by atoms with E-state index in [1.807, 2.05) is 36.9 Å². The Kier molecular flexibility index (Phi) is 5.32. The van der Waals surface area contributed by atoms with Gasteiger partial charge in [-0.05, 0) is 31.9 Å². The first kappa shape index (κ1) is 18.9. The van der Waals surface area contributed by atoms with Gasteiger partial charge in [-0.2, -0.15) is 0 Å². The van der Waals surface area contributed by atoms with Crippen molar-refractivity contribution < 1.29 is 9.59 Å². The Morgan fingerprint density at radius 3 is 2.86 bits per heavy atom. The van der Waals surface area contributed by atoms with Crippen LogP contribution in [0.3, 0.4) is 0 Å². The average Bonchev–Trinajstić information content (AvgIpc) is 3.23. The number of nitrogens with zero attached hydrogens (tertiary/aromatic N) is 3. The Balaban J connectivity index is 1.37. The van der Waals surface area contributed by atoms with E-state index in [-0.39, 0.29) is 18.0 Å². The highest BCUT2D eigenvalue weighted by molar-refractivity contribution is 7.15. The van der Waals surface area contributed by atoms with Gasteiger partial charge < -0.3 is 10.2 Å². The molecule has 0 radical (unpaired) electrons. The predicted octanol–water partition coefficient (Wildman–Crippen LogP) is 2.62. The van der Waals surface area contributed by atoms with E-state index in [0.29, 0.717) is 18.2 Å². The Morgan fingerprint density at radius 1 is 1.21 bits per heavy atom. The first-order valence-corrected chi connectivity index (χ1v) is 10.5. The zero-order chi connectivity index (χ0) is 19.7. The summed E-state index contributed by atoms with van der Waals surface area (Å²) < 4.78 is 0. The number of carbonyl (C=O) groups excluding carboxylic acids is 2. The summed E-state index contributed by atoms with van der Waals surface area (Å²) in [7, 11) is 0. The lowest BCUT2D eigenvalue weighted by molar-refractivity contribution is -0.119. The predicted molar refractivity (Wildman–Crippen MR) is 111 cm³/mol. The summed E-state index contributed by atoms with van der Waals surface area (Å²) in [6.07, 6.45) is 1.72. The van der Waals surface area contributed by atoms with Gasteiger partial charge in [-0.25, -0.2) is 9.78 Å². The van der Waals surface area contributed by atoms with Gasteiger partial charge in [0.15, 0.2) is 5.13 Å². The second-order valence-corrected chi connectivity index (χ2v) is 8.61. The molecule has 0 spiro atoms. The van der Waals surface area contributed by atoms with Crippen LogP contribution in [0.15, 0.2) is 24.3 Å². The van der Waals surface area contributed by atoms with Gasteiger partial charge in [0.1, 0.15) is 0 Å². The fourth-order valence-corrected chi connectivity index (χ4v) is 4.75. The van der Waals surface area contributed by atoms with Crippen molar-refractivity contribution in [3.8, 4) is 0 Å². The van der Waals surface area contributed by atoms with Crippen molar-refractivity contribution >= 4 is 34.1 Å². The first-order chi connectivity index (χ1) is 13.5. The number of urea groups is 1. The second kappa shape index (κ2) is 7.89. The number of para-hydroxylation sites is 1. The molecule has 2 aliphatic rings. The molecule has 0 bridgehead atoms. The maximum absolute atomic E-state index is 12.8. The van der Waals surface area contributed by atoms with Crippen LogP contribution in [0.25, 0.3) is 0 Å². The van der Waals surface area contributed by atoms with Crippen LogP contribution in [0.2, 0.25) is 0 Å². The number of hydrogen-bond donors (Lipinski definition) is 2. The molecule has 1 aromatic heterocycles. The monoisotopic (exact) mass is 399 g/mol. The molecule has 8 heteroatoms. The van der Waals surface area contributed by atoms with Gasteiger partial charge in [-0.15, -0.1) is 11.3 Å². The van der Waals surface area contributed by atoms with E-state index >= 15 is 0 Å². The van der Waals surface area contributed by atoms with Gasteiger partial charge in [0.05, 0.1) is 12.2 Å². The molecule has 4 rings (SSSR count). The average molecular weight is 400 g/mol. The molecule has 3 heterocycles. The third-order valence-corrected chi connectivity index (χ3v) is 6.00. The minimum atomic E-state index is -0.235. The van der Waals surface area contributed by atoms with Gasteiger partial charge >= 0.3 is 6.03 Å². The summed E-state index contributed by atoms with van der Waals surface area (Å²) in [6, 6.07) is 7.97. The highest BCUT2D eigenvalue weighted by atomic mass is 32.1. The van der Waals surface area contributed by atoms with Crippen LogP contribution in [0.1, 0.15) is 30.0 Å². The third-order valence-electron chi connectivity index (χ3n) is 5.00. The Bertz CT molecular complexity index is 894. The number of thiazole rings is 1. The highest BCUT2D eigenvalue weighted by Gasteiger charge is 2.28. The van der Waals surface area contributed by atoms with E-state index in [1.165, 1.54) is 16.9 Å². The van der Waals surface area contributed by atoms with Gasteiger partial charge in [0.25, 0.3) is 0 Å². The van der Waals surface area contributed by atoms with Crippen LogP contribution in [-0.4, -0.2) is 47.5 Å². The van der Waals surface area contributed by atoms with E-state index < -0.39 is 0 Å². The molecule has 0 aliphatic carbocycles. The van der Waals surface area contributed by atoms with E-state index in [9.17, 15) is 9.59 Å². The SMILES string of the molecule is CC(C)NC(=O)Nc1nc2c(s1)CN(CC(=O)N1CCc3ccccc31)CC2. The molecule has 0 atom stereocenters. The van der Waals surface area contributed by atoms with Crippen LogP contribution in [0.5, 0.6) is 0 Å². The Hall–Kier alpha value is -2.45. The highest BCUT2D eigenvalue weighted by Crippen LogP contribution is 2.30. The van der Waals surface area contributed by atoms with E-state index in [2.05, 4.69) is 26.6 Å². The maximum Gasteiger partial charge on any atom is 0.321 e. The number of anilines is 2. The molecule has 0 saturated heterocycles. The van der Waals surface area contributed by atoms with E-state index in [1.54, 1.807) is 0 Å². The van der Waals surface area contributed by atoms with Crippen LogP contribution in [-0.2, 0) is 24.2 Å². The summed E-state index contributed by atoms with van der Waals surface area (Å²) in [4.78, 5) is 34.5. The summed E-state index contributed by atoms with van der Waals surface area (Å²) in [5.41, 5.74) is 3.32. The number of amides is 3. The minimum absolute atomic E-state index is 0.0757. The fraction of sp³-hybridized carbons (Fsp3) is 0.450. The van der Waals surface area contributed by atoms with Gasteiger partial charge in [-0.3, -0.25) is 15.0 Å². The van der Waals surface area contributed by atoms with Crippen molar-refractivity contribution in [3.05, 3.63) is 40.4 Å². The zero-order valence-electron chi connectivity index (χ0n) is 16.2. The number of hydrogen-bond acceptors (Lipinski definition) is 5. The molecule has 1 aromatic carbocycles. The molecule has 0 saturated carbocycles. The number of nitrogens with one attached hydrogen (secondary N) is 2. The number of aromatic nitrogens is 1. The van der Waals surface area contributed by atoms with Crippen LogP contribution >= 0.6 is 11.3 Å². The van der Waals surface area contributed by atoms with Gasteiger partial charge in [0.2, 0.25) is 5.91 Å². The topological polar surface area (TPSA) is 77.6 Å². The molecule has 28 heavy (non-hydrogen) atoms. The lowest BCUT2D eigenvalue weighted by Gasteiger charge is -2.27. The number of fused-ring (bicyclic) bond motifs is 2. The molecule has 148 valence electrons. The minimum Gasteiger partial charge on any atom is -0.336 e. The second-order valence-electron chi connectivity index (χ2n) is 7.53. The molecule has 0 unspecified atom stereocenters. The van der Waals surface area contributed by atoms with Gasteiger partial charge in [-0.1, -0.05) is 18.2 Å². The fourth-order valence-electron chi connectivity index (χ4n) is 3.71. The van der Waals surface area contributed by atoms with Crippen molar-refractivity contribution in [2.75, 3.05) is 29.9 Å². The standard InChI is InChI=1S/C20H25N5O2S/c1-13(2)21-19(27)23-20-22-15-8-9-24(11-17(15)28-20)12-18(26)25-10-7-14-5-3-4-6-16(14)25/h3-6,13H,7-12H2,1-2H3,(H2,21,22,23,27). The molecule has 2 N–H and O–H groups in total. The Labute approximate surface area is 168 Å². The normalized spacial score (nSPS) is 16.0. The number of carbonyl (C=O) groups is 2. The molecule has 3 amide bonds. The van der Waals surface area contributed by atoms with Crippen LogP contribution < -0.4 is 15.5 Å². The first-order valence-electron chi connectivity index (χ1n) is 9.66. The Morgan fingerprint density at radius 2 is 2.04 bits per heavy atom. The van der Waals surface area contributed by atoms with Crippen molar-refractivity contribution in [2.45, 2.75) is 39.3 Å². The quantitative estimate of drug-likeness (QED) is 0.829.